The highest BCUT2D eigenvalue weighted by Crippen LogP contribution is 2.41. The first kappa shape index (κ1) is 17.9. The number of hydrogen-bond donors (Lipinski definition) is 2. The maximum Gasteiger partial charge on any atom is 0.392 e. The number of likely N-dealkylation sites (tertiary alicyclic amines) is 1. The van der Waals surface area contributed by atoms with Crippen LogP contribution in [0.4, 0.5) is 18.0 Å². The number of nitrogens with one attached hydrogen (secondary N) is 1. The lowest BCUT2D eigenvalue weighted by atomic mass is 9.79. The smallest absolute Gasteiger partial charge is 0.392 e. The fourth-order valence-electron chi connectivity index (χ4n) is 3.58. The SMILES string of the molecule is O=C(O)C1CCCN(C(=O)NCC2CCCCC2C(F)(F)F)C1. The van der Waals surface area contributed by atoms with Gasteiger partial charge in [0.05, 0.1) is 11.8 Å². The summed E-state index contributed by atoms with van der Waals surface area (Å²) in [5, 5.41) is 11.6. The molecule has 8 heteroatoms. The normalized spacial score (nSPS) is 29.2. The van der Waals surface area contributed by atoms with E-state index in [1.807, 2.05) is 0 Å². The van der Waals surface area contributed by atoms with Crippen molar-refractivity contribution in [1.29, 1.82) is 0 Å². The Hall–Kier alpha value is -1.47. The summed E-state index contributed by atoms with van der Waals surface area (Å²) in [6, 6.07) is -0.456. The van der Waals surface area contributed by atoms with E-state index in [0.29, 0.717) is 32.2 Å². The zero-order chi connectivity index (χ0) is 17.0. The fraction of sp³-hybridized carbons (Fsp3) is 0.867. The Kier molecular flexibility index (Phi) is 5.75. The van der Waals surface area contributed by atoms with Gasteiger partial charge in [-0.1, -0.05) is 12.8 Å². The van der Waals surface area contributed by atoms with E-state index in [-0.39, 0.29) is 19.5 Å². The molecule has 0 radical (unpaired) electrons. The molecule has 0 spiro atoms. The van der Waals surface area contributed by atoms with Gasteiger partial charge in [-0.25, -0.2) is 4.79 Å². The summed E-state index contributed by atoms with van der Waals surface area (Å²) in [7, 11) is 0. The van der Waals surface area contributed by atoms with Gasteiger partial charge in [0, 0.05) is 19.6 Å². The summed E-state index contributed by atoms with van der Waals surface area (Å²) in [5.41, 5.74) is 0. The number of nitrogens with zero attached hydrogens (tertiary/aromatic N) is 1. The monoisotopic (exact) mass is 336 g/mol. The molecular formula is C15H23F3N2O3. The largest absolute Gasteiger partial charge is 0.481 e. The maximum absolute atomic E-state index is 13.0. The topological polar surface area (TPSA) is 69.6 Å². The summed E-state index contributed by atoms with van der Waals surface area (Å²) >= 11 is 0. The van der Waals surface area contributed by atoms with Crippen LogP contribution < -0.4 is 5.32 Å². The van der Waals surface area contributed by atoms with Crippen LogP contribution in [0.15, 0.2) is 0 Å². The van der Waals surface area contributed by atoms with E-state index < -0.39 is 35.9 Å². The van der Waals surface area contributed by atoms with E-state index in [0.717, 1.165) is 6.42 Å². The quantitative estimate of drug-likeness (QED) is 0.833. The van der Waals surface area contributed by atoms with Gasteiger partial charge in [-0.2, -0.15) is 13.2 Å². The number of aliphatic carboxylic acids is 1. The maximum atomic E-state index is 13.0. The summed E-state index contributed by atoms with van der Waals surface area (Å²) in [4.78, 5) is 24.5. The van der Waals surface area contributed by atoms with Gasteiger partial charge in [0.25, 0.3) is 0 Å². The number of hydrogen-bond acceptors (Lipinski definition) is 2. The van der Waals surface area contributed by atoms with Crippen LogP contribution >= 0.6 is 0 Å². The number of halogens is 3. The molecule has 0 bridgehead atoms. The summed E-state index contributed by atoms with van der Waals surface area (Å²) in [6.45, 7) is 0.564. The fourth-order valence-corrected chi connectivity index (χ4v) is 3.58. The summed E-state index contributed by atoms with van der Waals surface area (Å²) in [5.74, 6) is -3.48. The third-order valence-electron chi connectivity index (χ3n) is 4.90. The second-order valence-electron chi connectivity index (χ2n) is 6.50. The molecule has 1 saturated carbocycles. The Morgan fingerprint density at radius 2 is 1.83 bits per heavy atom. The average Bonchev–Trinajstić information content (AvgIpc) is 2.52. The van der Waals surface area contributed by atoms with Crippen molar-refractivity contribution >= 4 is 12.0 Å². The van der Waals surface area contributed by atoms with Crippen LogP contribution in [0.25, 0.3) is 0 Å². The van der Waals surface area contributed by atoms with E-state index in [1.54, 1.807) is 0 Å². The lowest BCUT2D eigenvalue weighted by Crippen LogP contribution is -2.49. The van der Waals surface area contributed by atoms with E-state index in [4.69, 9.17) is 5.11 Å². The molecule has 2 aliphatic rings. The number of urea groups is 1. The standard InChI is InChI=1S/C15H23F3N2O3/c16-15(17,18)12-6-2-1-4-10(12)8-19-14(23)20-7-3-5-11(9-20)13(21)22/h10-12H,1-9H2,(H,19,23)(H,21,22). The molecular weight excluding hydrogens is 313 g/mol. The molecule has 0 aromatic carbocycles. The van der Waals surface area contributed by atoms with Crippen molar-refractivity contribution in [2.75, 3.05) is 19.6 Å². The van der Waals surface area contributed by atoms with E-state index >= 15 is 0 Å². The van der Waals surface area contributed by atoms with E-state index in [2.05, 4.69) is 5.32 Å². The van der Waals surface area contributed by atoms with Crippen molar-refractivity contribution in [3.05, 3.63) is 0 Å². The molecule has 1 aliphatic carbocycles. The summed E-state index contributed by atoms with van der Waals surface area (Å²) in [6.07, 6.45) is -1.21. The van der Waals surface area contributed by atoms with Gasteiger partial charge in [0.15, 0.2) is 0 Å². The second-order valence-corrected chi connectivity index (χ2v) is 6.50. The van der Waals surface area contributed by atoms with Crippen LogP contribution in [-0.4, -0.2) is 47.8 Å². The predicted molar refractivity (Wildman–Crippen MR) is 76.8 cm³/mol. The van der Waals surface area contributed by atoms with Crippen molar-refractivity contribution in [3.8, 4) is 0 Å². The highest BCUT2D eigenvalue weighted by atomic mass is 19.4. The second kappa shape index (κ2) is 7.40. The van der Waals surface area contributed by atoms with Crippen LogP contribution in [-0.2, 0) is 4.79 Å². The van der Waals surface area contributed by atoms with Gasteiger partial charge in [-0.3, -0.25) is 4.79 Å². The Morgan fingerprint density at radius 1 is 1.13 bits per heavy atom. The molecule has 2 fully saturated rings. The highest BCUT2D eigenvalue weighted by Gasteiger charge is 2.45. The Bertz CT molecular complexity index is 442. The van der Waals surface area contributed by atoms with Gasteiger partial charge in [0.2, 0.25) is 0 Å². The minimum atomic E-state index is -4.23. The zero-order valence-corrected chi connectivity index (χ0v) is 12.9. The first-order valence-corrected chi connectivity index (χ1v) is 8.11. The molecule has 2 amide bonds. The third kappa shape index (κ3) is 4.75. The van der Waals surface area contributed by atoms with E-state index in [1.165, 1.54) is 4.90 Å². The minimum absolute atomic E-state index is 0.00273. The molecule has 1 saturated heterocycles. The lowest BCUT2D eigenvalue weighted by molar-refractivity contribution is -0.195. The van der Waals surface area contributed by atoms with Gasteiger partial charge in [-0.15, -0.1) is 0 Å². The Balaban J connectivity index is 1.86. The molecule has 3 atom stereocenters. The van der Waals surface area contributed by atoms with Crippen LogP contribution in [0, 0.1) is 17.8 Å². The third-order valence-corrected chi connectivity index (χ3v) is 4.90. The zero-order valence-electron chi connectivity index (χ0n) is 12.9. The number of carboxylic acids is 1. The highest BCUT2D eigenvalue weighted by molar-refractivity contribution is 5.76. The lowest BCUT2D eigenvalue weighted by Gasteiger charge is -2.35. The van der Waals surface area contributed by atoms with Gasteiger partial charge >= 0.3 is 18.2 Å². The average molecular weight is 336 g/mol. The minimum Gasteiger partial charge on any atom is -0.481 e. The van der Waals surface area contributed by atoms with E-state index in [9.17, 15) is 22.8 Å². The molecule has 3 unspecified atom stereocenters. The predicted octanol–water partition coefficient (Wildman–Crippen LogP) is 2.86. The Labute approximate surface area is 133 Å². The van der Waals surface area contributed by atoms with Crippen molar-refractivity contribution in [2.45, 2.75) is 44.7 Å². The van der Waals surface area contributed by atoms with Crippen LogP contribution in [0.3, 0.4) is 0 Å². The first-order chi connectivity index (χ1) is 10.8. The number of piperidine rings is 1. The molecule has 2 N–H and O–H groups in total. The van der Waals surface area contributed by atoms with Crippen molar-refractivity contribution in [3.63, 3.8) is 0 Å². The van der Waals surface area contributed by atoms with Crippen LogP contribution in [0.5, 0.6) is 0 Å². The number of carboxylic acid groups (broad SMARTS) is 1. The number of carbonyl (C=O) groups excluding carboxylic acids is 1. The van der Waals surface area contributed by atoms with Crippen LogP contribution in [0.1, 0.15) is 38.5 Å². The molecule has 2 rings (SSSR count). The molecule has 1 aliphatic heterocycles. The number of alkyl halides is 3. The first-order valence-electron chi connectivity index (χ1n) is 8.11. The molecule has 0 aromatic heterocycles. The molecule has 1 heterocycles. The Morgan fingerprint density at radius 3 is 2.48 bits per heavy atom. The van der Waals surface area contributed by atoms with Crippen LogP contribution in [0.2, 0.25) is 0 Å². The molecule has 23 heavy (non-hydrogen) atoms. The van der Waals surface area contributed by atoms with Gasteiger partial charge in [0.1, 0.15) is 0 Å². The molecule has 0 aromatic rings. The number of rotatable bonds is 3. The molecule has 132 valence electrons. The van der Waals surface area contributed by atoms with Crippen molar-refractivity contribution < 1.29 is 27.9 Å². The van der Waals surface area contributed by atoms with Gasteiger partial charge in [-0.05, 0) is 31.6 Å². The van der Waals surface area contributed by atoms with Crippen molar-refractivity contribution in [1.82, 2.24) is 10.2 Å². The molecule has 5 nitrogen and oxygen atoms in total. The van der Waals surface area contributed by atoms with Gasteiger partial charge < -0.3 is 15.3 Å². The number of amides is 2. The number of carbonyl (C=O) groups is 2. The van der Waals surface area contributed by atoms with Crippen molar-refractivity contribution in [2.24, 2.45) is 17.8 Å². The summed E-state index contributed by atoms with van der Waals surface area (Å²) < 4.78 is 39.1.